The summed E-state index contributed by atoms with van der Waals surface area (Å²) < 4.78 is 1.64. The van der Waals surface area contributed by atoms with Gasteiger partial charge in [-0.05, 0) is 31.9 Å². The molecule has 1 aromatic carbocycles. The molecule has 1 heterocycles. The summed E-state index contributed by atoms with van der Waals surface area (Å²) in [6.45, 7) is 4.13. The van der Waals surface area contributed by atoms with E-state index in [9.17, 15) is 4.79 Å². The first-order valence-corrected chi connectivity index (χ1v) is 6.76. The molecule has 20 heavy (non-hydrogen) atoms. The predicted molar refractivity (Wildman–Crippen MR) is 78.6 cm³/mol. The van der Waals surface area contributed by atoms with Gasteiger partial charge in [-0.2, -0.15) is 5.10 Å². The molecule has 106 valence electrons. The molecule has 0 spiro atoms. The number of unbranched alkanes of at least 4 members (excludes halogenated alkanes) is 1. The number of hydrogen-bond acceptors (Lipinski definition) is 2. The van der Waals surface area contributed by atoms with Crippen molar-refractivity contribution in [3.63, 3.8) is 0 Å². The van der Waals surface area contributed by atoms with Crippen LogP contribution in [0.4, 0.5) is 10.6 Å². The van der Waals surface area contributed by atoms with Gasteiger partial charge in [-0.15, -0.1) is 0 Å². The van der Waals surface area contributed by atoms with E-state index in [1.54, 1.807) is 10.7 Å². The lowest BCUT2D eigenvalue weighted by Gasteiger charge is -2.06. The highest BCUT2D eigenvalue weighted by atomic mass is 16.4. The number of aryl methyl sites for hydroxylation is 2. The largest absolute Gasteiger partial charge is 0.465 e. The van der Waals surface area contributed by atoms with Crippen molar-refractivity contribution in [3.8, 4) is 5.69 Å². The van der Waals surface area contributed by atoms with Crippen molar-refractivity contribution in [2.75, 3.05) is 5.32 Å². The zero-order valence-corrected chi connectivity index (χ0v) is 11.8. The topological polar surface area (TPSA) is 67.2 Å². The van der Waals surface area contributed by atoms with Gasteiger partial charge in [0.2, 0.25) is 0 Å². The van der Waals surface area contributed by atoms with Gasteiger partial charge in [0.05, 0.1) is 11.4 Å². The van der Waals surface area contributed by atoms with Crippen LogP contribution >= 0.6 is 0 Å². The van der Waals surface area contributed by atoms with Crippen LogP contribution in [0, 0.1) is 6.92 Å². The van der Waals surface area contributed by atoms with Crippen LogP contribution in [0.15, 0.2) is 30.3 Å². The maximum atomic E-state index is 10.9. The molecule has 0 bridgehead atoms. The molecule has 0 saturated heterocycles. The van der Waals surface area contributed by atoms with Crippen molar-refractivity contribution in [1.29, 1.82) is 0 Å². The van der Waals surface area contributed by atoms with Crippen molar-refractivity contribution in [2.24, 2.45) is 0 Å². The molecule has 1 aromatic heterocycles. The smallest absolute Gasteiger partial charge is 0.410 e. The van der Waals surface area contributed by atoms with E-state index in [1.165, 1.54) is 0 Å². The average Bonchev–Trinajstić information content (AvgIpc) is 2.79. The fraction of sp³-hybridized carbons (Fsp3) is 0.333. The quantitative estimate of drug-likeness (QED) is 0.874. The summed E-state index contributed by atoms with van der Waals surface area (Å²) in [5.74, 6) is 0.479. The minimum absolute atomic E-state index is 0.479. The van der Waals surface area contributed by atoms with Gasteiger partial charge in [0, 0.05) is 6.07 Å². The first-order valence-electron chi connectivity index (χ1n) is 6.76. The summed E-state index contributed by atoms with van der Waals surface area (Å²) in [6.07, 6.45) is 1.89. The van der Waals surface area contributed by atoms with Gasteiger partial charge in [0.1, 0.15) is 5.82 Å². The fourth-order valence-corrected chi connectivity index (χ4v) is 1.99. The van der Waals surface area contributed by atoms with E-state index in [4.69, 9.17) is 5.11 Å². The van der Waals surface area contributed by atoms with Crippen LogP contribution in [-0.4, -0.2) is 21.0 Å². The minimum Gasteiger partial charge on any atom is -0.465 e. The maximum Gasteiger partial charge on any atom is 0.410 e. The van der Waals surface area contributed by atoms with Crippen LogP contribution in [0.5, 0.6) is 0 Å². The average molecular weight is 273 g/mol. The zero-order valence-electron chi connectivity index (χ0n) is 11.8. The van der Waals surface area contributed by atoms with E-state index >= 15 is 0 Å². The maximum absolute atomic E-state index is 10.9. The Kier molecular flexibility index (Phi) is 4.40. The van der Waals surface area contributed by atoms with E-state index in [2.05, 4.69) is 17.3 Å². The van der Waals surface area contributed by atoms with Crippen LogP contribution in [0.2, 0.25) is 0 Å². The van der Waals surface area contributed by atoms with Crippen molar-refractivity contribution < 1.29 is 9.90 Å². The van der Waals surface area contributed by atoms with E-state index in [1.807, 2.05) is 31.2 Å². The highest BCUT2D eigenvalue weighted by molar-refractivity contribution is 5.82. The Hall–Kier alpha value is -2.30. The number of nitrogens with zero attached hydrogens (tertiary/aromatic N) is 2. The Morgan fingerprint density at radius 2 is 2.05 bits per heavy atom. The number of carbonyl (C=O) groups is 1. The normalized spacial score (nSPS) is 10.5. The van der Waals surface area contributed by atoms with Gasteiger partial charge in [0.15, 0.2) is 0 Å². The molecule has 0 aliphatic carbocycles. The number of amides is 1. The number of benzene rings is 1. The second-order valence-corrected chi connectivity index (χ2v) is 4.80. The SMILES string of the molecule is CCCCc1cc(NC(=O)O)n(-c2ccc(C)cc2)n1. The van der Waals surface area contributed by atoms with Crippen LogP contribution < -0.4 is 5.32 Å². The minimum atomic E-state index is -1.08. The summed E-state index contributed by atoms with van der Waals surface area (Å²) in [5.41, 5.74) is 2.90. The van der Waals surface area contributed by atoms with E-state index < -0.39 is 6.09 Å². The van der Waals surface area contributed by atoms with Gasteiger partial charge in [-0.25, -0.2) is 9.48 Å². The molecule has 0 atom stereocenters. The molecule has 0 radical (unpaired) electrons. The van der Waals surface area contributed by atoms with Gasteiger partial charge >= 0.3 is 6.09 Å². The molecule has 2 aromatic rings. The fourth-order valence-electron chi connectivity index (χ4n) is 1.99. The third-order valence-corrected chi connectivity index (χ3v) is 3.06. The monoisotopic (exact) mass is 273 g/mol. The van der Waals surface area contributed by atoms with Crippen molar-refractivity contribution in [3.05, 3.63) is 41.6 Å². The number of anilines is 1. The van der Waals surface area contributed by atoms with Crippen LogP contribution in [-0.2, 0) is 6.42 Å². The molecule has 0 unspecified atom stereocenters. The zero-order chi connectivity index (χ0) is 14.5. The molecule has 5 heteroatoms. The lowest BCUT2D eigenvalue weighted by molar-refractivity contribution is 0.209. The van der Waals surface area contributed by atoms with Crippen LogP contribution in [0.25, 0.3) is 5.69 Å². The Balaban J connectivity index is 2.35. The van der Waals surface area contributed by atoms with E-state index in [0.29, 0.717) is 5.82 Å². The second kappa shape index (κ2) is 6.23. The molecule has 5 nitrogen and oxygen atoms in total. The number of rotatable bonds is 5. The van der Waals surface area contributed by atoms with Gasteiger partial charge in [-0.1, -0.05) is 31.0 Å². The van der Waals surface area contributed by atoms with Crippen molar-refractivity contribution in [2.45, 2.75) is 33.1 Å². The third kappa shape index (κ3) is 3.38. The molecule has 2 rings (SSSR count). The van der Waals surface area contributed by atoms with Crippen molar-refractivity contribution >= 4 is 11.9 Å². The summed E-state index contributed by atoms with van der Waals surface area (Å²) in [4.78, 5) is 10.9. The third-order valence-electron chi connectivity index (χ3n) is 3.06. The summed E-state index contributed by atoms with van der Waals surface area (Å²) in [6, 6.07) is 9.61. The second-order valence-electron chi connectivity index (χ2n) is 4.80. The molecule has 2 N–H and O–H groups in total. The summed E-state index contributed by atoms with van der Waals surface area (Å²) in [7, 11) is 0. The number of hydrogen-bond donors (Lipinski definition) is 2. The van der Waals surface area contributed by atoms with E-state index in [-0.39, 0.29) is 0 Å². The molecule has 0 aliphatic heterocycles. The highest BCUT2D eigenvalue weighted by Crippen LogP contribution is 2.19. The Morgan fingerprint density at radius 1 is 1.35 bits per heavy atom. The Labute approximate surface area is 118 Å². The van der Waals surface area contributed by atoms with Gasteiger partial charge in [0.25, 0.3) is 0 Å². The van der Waals surface area contributed by atoms with E-state index in [0.717, 1.165) is 36.2 Å². The Morgan fingerprint density at radius 3 is 2.65 bits per heavy atom. The van der Waals surface area contributed by atoms with Gasteiger partial charge < -0.3 is 5.11 Å². The molecular formula is C15H19N3O2. The number of carboxylic acid groups (broad SMARTS) is 1. The molecule has 1 amide bonds. The van der Waals surface area contributed by atoms with Crippen molar-refractivity contribution in [1.82, 2.24) is 9.78 Å². The Bertz CT molecular complexity index is 588. The van der Waals surface area contributed by atoms with Crippen LogP contribution in [0.3, 0.4) is 0 Å². The molecule has 0 aliphatic rings. The molecule has 0 fully saturated rings. The first kappa shape index (κ1) is 14.1. The van der Waals surface area contributed by atoms with Gasteiger partial charge in [-0.3, -0.25) is 5.32 Å². The van der Waals surface area contributed by atoms with Crippen LogP contribution in [0.1, 0.15) is 31.0 Å². The standard InChI is InChI=1S/C15H19N3O2/c1-3-4-5-12-10-14(16-15(19)20)18(17-12)13-8-6-11(2)7-9-13/h6-10,16H,3-5H2,1-2H3,(H,19,20). The number of nitrogens with one attached hydrogen (secondary N) is 1. The molecule has 0 saturated carbocycles. The first-order chi connectivity index (χ1) is 9.60. The summed E-state index contributed by atoms with van der Waals surface area (Å²) in [5, 5.41) is 15.8. The lowest BCUT2D eigenvalue weighted by atomic mass is 10.2. The lowest BCUT2D eigenvalue weighted by Crippen LogP contribution is -2.11. The molecular weight excluding hydrogens is 254 g/mol. The summed E-state index contributed by atoms with van der Waals surface area (Å²) >= 11 is 0. The number of aromatic nitrogens is 2. The highest BCUT2D eigenvalue weighted by Gasteiger charge is 2.11. The predicted octanol–water partition coefficient (Wildman–Crippen LogP) is 3.61.